The summed E-state index contributed by atoms with van der Waals surface area (Å²) in [5.41, 5.74) is 3.39. The van der Waals surface area contributed by atoms with Gasteiger partial charge in [-0.1, -0.05) is 12.1 Å². The van der Waals surface area contributed by atoms with Crippen molar-refractivity contribution in [1.82, 2.24) is 14.5 Å². The van der Waals surface area contributed by atoms with Crippen LogP contribution in [0.1, 0.15) is 47.6 Å². The summed E-state index contributed by atoms with van der Waals surface area (Å²) >= 11 is 1.65. The van der Waals surface area contributed by atoms with Gasteiger partial charge in [-0.25, -0.2) is 4.98 Å². The summed E-state index contributed by atoms with van der Waals surface area (Å²) in [4.78, 5) is 19.7. The predicted molar refractivity (Wildman–Crippen MR) is 127 cm³/mol. The number of anilines is 1. The first-order valence-corrected chi connectivity index (χ1v) is 11.8. The molecule has 2 aromatic heterocycles. The van der Waals surface area contributed by atoms with E-state index in [-0.39, 0.29) is 24.6 Å². The number of para-hydroxylation sites is 1. The minimum absolute atomic E-state index is 0.00395. The Morgan fingerprint density at radius 1 is 1.44 bits per heavy atom. The monoisotopic (exact) mass is 451 g/mol. The number of hydrogen-bond acceptors (Lipinski definition) is 6. The smallest absolute Gasteiger partial charge is 0.239 e. The molecule has 0 unspecified atom stereocenters. The molecule has 3 heterocycles. The highest BCUT2D eigenvalue weighted by molar-refractivity contribution is 7.18. The number of carbonyl (C=O) groups is 1. The maximum atomic E-state index is 13.0. The number of benzene rings is 1. The van der Waals surface area contributed by atoms with Crippen LogP contribution in [0.25, 0.3) is 10.2 Å². The van der Waals surface area contributed by atoms with Gasteiger partial charge < -0.3 is 14.6 Å². The number of thiazole rings is 1. The van der Waals surface area contributed by atoms with Crippen LogP contribution in [0.3, 0.4) is 0 Å². The van der Waals surface area contributed by atoms with Crippen LogP contribution >= 0.6 is 11.3 Å². The second kappa shape index (κ2) is 9.41. The highest BCUT2D eigenvalue weighted by Crippen LogP contribution is 2.30. The van der Waals surface area contributed by atoms with Crippen molar-refractivity contribution in [2.24, 2.45) is 0 Å². The zero-order chi connectivity index (χ0) is 22.8. The van der Waals surface area contributed by atoms with E-state index in [1.165, 1.54) is 0 Å². The average molecular weight is 452 g/mol. The van der Waals surface area contributed by atoms with E-state index in [2.05, 4.69) is 24.4 Å². The van der Waals surface area contributed by atoms with Crippen molar-refractivity contribution in [2.45, 2.75) is 52.3 Å². The van der Waals surface area contributed by atoms with E-state index in [0.717, 1.165) is 45.9 Å². The quantitative estimate of drug-likeness (QED) is 0.576. The number of amides is 1. The molecule has 1 saturated heterocycles. The fourth-order valence-corrected chi connectivity index (χ4v) is 5.23. The Bertz CT molecular complexity index is 1140. The van der Waals surface area contributed by atoms with Crippen molar-refractivity contribution in [2.75, 3.05) is 25.5 Å². The molecule has 2 atom stereocenters. The molecule has 1 aromatic carbocycles. The molecule has 7 nitrogen and oxygen atoms in total. The lowest BCUT2D eigenvalue weighted by Crippen LogP contribution is -2.33. The number of nitriles is 1. The maximum absolute atomic E-state index is 13.0. The summed E-state index contributed by atoms with van der Waals surface area (Å²) in [6, 6.07) is 10.3. The lowest BCUT2D eigenvalue weighted by Gasteiger charge is -2.23. The fraction of sp³-hybridized carbons (Fsp3) is 0.458. The van der Waals surface area contributed by atoms with Gasteiger partial charge >= 0.3 is 0 Å². The van der Waals surface area contributed by atoms with E-state index >= 15 is 0 Å². The molecule has 0 spiro atoms. The topological polar surface area (TPSA) is 83.2 Å². The standard InChI is InChI=1S/C24H29N5O2S/c1-15-16(2)29(13-18-8-7-11-31-18)23(19(15)12-25)27-22(30)14-28(4)17(3)24-26-20-9-5-6-10-21(20)32-24/h5-6,9-10,17-18H,7-8,11,13-14H2,1-4H3,(H,27,30)/t17-,18-/m0/s1. The van der Waals surface area contributed by atoms with Crippen LogP contribution in [0.2, 0.25) is 0 Å². The highest BCUT2D eigenvalue weighted by atomic mass is 32.1. The Labute approximate surface area is 192 Å². The van der Waals surface area contributed by atoms with Gasteiger partial charge in [-0.3, -0.25) is 9.69 Å². The lowest BCUT2D eigenvalue weighted by atomic mass is 10.2. The molecule has 0 saturated carbocycles. The molecule has 1 N–H and O–H groups in total. The minimum atomic E-state index is -0.150. The summed E-state index contributed by atoms with van der Waals surface area (Å²) in [6.07, 6.45) is 2.16. The molecule has 1 fully saturated rings. The molecular weight excluding hydrogens is 422 g/mol. The summed E-state index contributed by atoms with van der Waals surface area (Å²) in [5.74, 6) is 0.423. The summed E-state index contributed by atoms with van der Waals surface area (Å²) in [7, 11) is 1.92. The van der Waals surface area contributed by atoms with Crippen LogP contribution in [0, 0.1) is 25.2 Å². The third-order valence-corrected chi connectivity index (χ3v) is 7.54. The number of aromatic nitrogens is 2. The molecule has 0 radical (unpaired) electrons. The molecule has 1 aliphatic rings. The second-order valence-corrected chi connectivity index (χ2v) is 9.51. The first-order chi connectivity index (χ1) is 15.4. The van der Waals surface area contributed by atoms with E-state index in [9.17, 15) is 10.1 Å². The maximum Gasteiger partial charge on any atom is 0.239 e. The van der Waals surface area contributed by atoms with Crippen LogP contribution in [0.4, 0.5) is 5.82 Å². The van der Waals surface area contributed by atoms with Crippen molar-refractivity contribution in [3.05, 3.63) is 46.1 Å². The van der Waals surface area contributed by atoms with E-state index in [1.807, 2.05) is 48.6 Å². The number of likely N-dealkylation sites (N-methyl/N-ethyl adjacent to an activating group) is 1. The molecule has 4 rings (SSSR count). The van der Waals surface area contributed by atoms with Crippen molar-refractivity contribution < 1.29 is 9.53 Å². The summed E-state index contributed by atoms with van der Waals surface area (Å²) < 4.78 is 8.96. The van der Waals surface area contributed by atoms with Crippen molar-refractivity contribution in [1.29, 1.82) is 5.26 Å². The van der Waals surface area contributed by atoms with Gasteiger partial charge in [-0.2, -0.15) is 5.26 Å². The molecule has 1 amide bonds. The van der Waals surface area contributed by atoms with Gasteiger partial charge in [0.2, 0.25) is 5.91 Å². The molecule has 0 bridgehead atoms. The molecule has 32 heavy (non-hydrogen) atoms. The third kappa shape index (κ3) is 4.42. The molecular formula is C24H29N5O2S. The average Bonchev–Trinajstić information content (AvgIpc) is 3.49. The van der Waals surface area contributed by atoms with Gasteiger partial charge in [-0.15, -0.1) is 11.3 Å². The highest BCUT2D eigenvalue weighted by Gasteiger charge is 2.25. The molecule has 168 valence electrons. The van der Waals surface area contributed by atoms with Crippen LogP contribution in [0.15, 0.2) is 24.3 Å². The predicted octanol–water partition coefficient (Wildman–Crippen LogP) is 4.40. The van der Waals surface area contributed by atoms with E-state index in [0.29, 0.717) is 17.9 Å². The van der Waals surface area contributed by atoms with Crippen molar-refractivity contribution in [3.8, 4) is 6.07 Å². The van der Waals surface area contributed by atoms with Crippen LogP contribution in [-0.4, -0.2) is 46.7 Å². The summed E-state index contributed by atoms with van der Waals surface area (Å²) in [6.45, 7) is 7.58. The first kappa shape index (κ1) is 22.5. The normalized spacial score (nSPS) is 17.1. The van der Waals surface area contributed by atoms with Gasteiger partial charge in [0.15, 0.2) is 0 Å². The Morgan fingerprint density at radius 2 is 2.22 bits per heavy atom. The van der Waals surface area contributed by atoms with Crippen molar-refractivity contribution >= 4 is 33.3 Å². The minimum Gasteiger partial charge on any atom is -0.376 e. The Kier molecular flexibility index (Phi) is 6.60. The zero-order valence-electron chi connectivity index (χ0n) is 19.0. The SMILES string of the molecule is Cc1c(C#N)c(NC(=O)CN(C)[C@@H](C)c2nc3ccccc3s2)n(C[C@@H]2CCCO2)c1C. The zero-order valence-corrected chi connectivity index (χ0v) is 19.8. The first-order valence-electron chi connectivity index (χ1n) is 11.0. The summed E-state index contributed by atoms with van der Waals surface area (Å²) in [5, 5.41) is 13.7. The Morgan fingerprint density at radius 3 is 2.91 bits per heavy atom. The molecule has 8 heteroatoms. The number of rotatable bonds is 7. The van der Waals surface area contributed by atoms with Crippen LogP contribution < -0.4 is 5.32 Å². The number of carbonyl (C=O) groups excluding carboxylic acids is 1. The largest absolute Gasteiger partial charge is 0.376 e. The van der Waals surface area contributed by atoms with E-state index < -0.39 is 0 Å². The van der Waals surface area contributed by atoms with Gasteiger partial charge in [0.25, 0.3) is 0 Å². The van der Waals surface area contributed by atoms with Crippen molar-refractivity contribution in [3.63, 3.8) is 0 Å². The number of hydrogen-bond donors (Lipinski definition) is 1. The van der Waals surface area contributed by atoms with Gasteiger partial charge in [0.05, 0.1) is 41.0 Å². The number of ether oxygens (including phenoxy) is 1. The van der Waals surface area contributed by atoms with Crippen LogP contribution in [-0.2, 0) is 16.1 Å². The van der Waals surface area contributed by atoms with Gasteiger partial charge in [0, 0.05) is 12.3 Å². The number of fused-ring (bicyclic) bond motifs is 1. The lowest BCUT2D eigenvalue weighted by molar-refractivity contribution is -0.117. The fourth-order valence-electron chi connectivity index (χ4n) is 4.14. The number of nitrogens with one attached hydrogen (secondary N) is 1. The number of nitrogens with zero attached hydrogens (tertiary/aromatic N) is 4. The van der Waals surface area contributed by atoms with E-state index in [1.54, 1.807) is 11.3 Å². The van der Waals surface area contributed by atoms with Gasteiger partial charge in [-0.05, 0) is 58.4 Å². The second-order valence-electron chi connectivity index (χ2n) is 8.45. The van der Waals surface area contributed by atoms with E-state index in [4.69, 9.17) is 9.72 Å². The molecule has 1 aliphatic heterocycles. The molecule has 3 aromatic rings. The molecule has 0 aliphatic carbocycles. The Hall–Kier alpha value is -2.73. The third-order valence-electron chi connectivity index (χ3n) is 6.33. The van der Waals surface area contributed by atoms with Crippen LogP contribution in [0.5, 0.6) is 0 Å². The van der Waals surface area contributed by atoms with Gasteiger partial charge in [0.1, 0.15) is 16.9 Å². The Balaban J connectivity index is 1.49.